The van der Waals surface area contributed by atoms with E-state index in [1.165, 1.54) is 21.8 Å². The van der Waals surface area contributed by atoms with Crippen LogP contribution in [0.5, 0.6) is 5.75 Å². The van der Waals surface area contributed by atoms with Gasteiger partial charge in [-0.3, -0.25) is 18.9 Å². The molecule has 1 atom stereocenters. The normalized spacial score (nSPS) is 19.3. The van der Waals surface area contributed by atoms with Crippen LogP contribution in [0.3, 0.4) is 0 Å². The van der Waals surface area contributed by atoms with Crippen molar-refractivity contribution in [3.05, 3.63) is 63.5 Å². The van der Waals surface area contributed by atoms with E-state index in [4.69, 9.17) is 4.74 Å². The molecule has 8 nitrogen and oxygen atoms in total. The van der Waals surface area contributed by atoms with Crippen molar-refractivity contribution < 1.29 is 14.3 Å². The lowest BCUT2D eigenvalue weighted by molar-refractivity contribution is -0.132. The van der Waals surface area contributed by atoms with Gasteiger partial charge >= 0.3 is 6.03 Å². The number of hydrogen-bond donors (Lipinski definition) is 1. The quantitative estimate of drug-likeness (QED) is 0.665. The summed E-state index contributed by atoms with van der Waals surface area (Å²) in [5.41, 5.74) is -0.341. The van der Waals surface area contributed by atoms with Gasteiger partial charge in [0.25, 0.3) is 11.5 Å². The third-order valence-electron chi connectivity index (χ3n) is 4.97. The van der Waals surface area contributed by atoms with Gasteiger partial charge in [0.05, 0.1) is 19.3 Å². The van der Waals surface area contributed by atoms with E-state index < -0.39 is 11.6 Å². The van der Waals surface area contributed by atoms with Gasteiger partial charge in [-0.2, -0.15) is 0 Å². The number of methoxy groups -OCH3 is 1. The largest absolute Gasteiger partial charge is 0.497 e. The van der Waals surface area contributed by atoms with E-state index in [2.05, 4.69) is 10.3 Å². The first-order valence-corrected chi connectivity index (χ1v) is 9.61. The molecule has 0 aliphatic carbocycles. The second kappa shape index (κ2) is 6.75. The highest BCUT2D eigenvalue weighted by molar-refractivity contribution is 7.15. The summed E-state index contributed by atoms with van der Waals surface area (Å²) in [6.45, 7) is 1.78. The smallest absolute Gasteiger partial charge is 0.325 e. The molecule has 1 N–H and O–H groups in total. The Bertz CT molecular complexity index is 1120. The van der Waals surface area contributed by atoms with Gasteiger partial charge < -0.3 is 10.1 Å². The van der Waals surface area contributed by atoms with Gasteiger partial charge in [0.2, 0.25) is 0 Å². The predicted octanol–water partition coefficient (Wildman–Crippen LogP) is 2.12. The van der Waals surface area contributed by atoms with Gasteiger partial charge in [-0.1, -0.05) is 19.1 Å². The molecule has 0 bridgehead atoms. The second-order valence-corrected chi connectivity index (χ2v) is 7.32. The summed E-state index contributed by atoms with van der Waals surface area (Å²) < 4.78 is 6.59. The highest BCUT2D eigenvalue weighted by Gasteiger charge is 2.51. The fourth-order valence-electron chi connectivity index (χ4n) is 3.42. The maximum absolute atomic E-state index is 13.2. The van der Waals surface area contributed by atoms with Crippen LogP contribution in [0.2, 0.25) is 0 Å². The molecule has 0 spiro atoms. The molecule has 1 saturated heterocycles. The van der Waals surface area contributed by atoms with Crippen molar-refractivity contribution >= 4 is 28.2 Å². The number of nitrogens with one attached hydrogen (secondary N) is 1. The molecule has 1 aromatic carbocycles. The number of ether oxygens (including phenoxy) is 1. The molecular formula is C19H18N4O4S. The summed E-state index contributed by atoms with van der Waals surface area (Å²) >= 11 is 1.32. The third-order valence-corrected chi connectivity index (χ3v) is 5.72. The number of thiazole rings is 1. The van der Waals surface area contributed by atoms with Crippen LogP contribution < -0.4 is 15.6 Å². The van der Waals surface area contributed by atoms with Crippen LogP contribution in [0.25, 0.3) is 4.96 Å². The van der Waals surface area contributed by atoms with Gasteiger partial charge in [-0.15, -0.1) is 11.3 Å². The van der Waals surface area contributed by atoms with E-state index in [0.29, 0.717) is 28.4 Å². The van der Waals surface area contributed by atoms with Crippen molar-refractivity contribution in [1.29, 1.82) is 0 Å². The van der Waals surface area contributed by atoms with Crippen LogP contribution in [0.4, 0.5) is 4.79 Å². The van der Waals surface area contributed by atoms with Crippen LogP contribution >= 0.6 is 11.3 Å². The number of hydrogen-bond acceptors (Lipinski definition) is 6. The number of carbonyl (C=O) groups is 2. The summed E-state index contributed by atoms with van der Waals surface area (Å²) in [7, 11) is 1.56. The highest BCUT2D eigenvalue weighted by atomic mass is 32.1. The molecule has 3 aromatic rings. The molecule has 144 valence electrons. The first-order valence-electron chi connectivity index (χ1n) is 8.73. The average Bonchev–Trinajstić information content (AvgIpc) is 3.27. The molecule has 0 unspecified atom stereocenters. The minimum atomic E-state index is -1.15. The van der Waals surface area contributed by atoms with Crippen LogP contribution in [0.15, 0.2) is 46.7 Å². The molecule has 3 amide bonds. The Morgan fingerprint density at radius 3 is 2.64 bits per heavy atom. The minimum Gasteiger partial charge on any atom is -0.497 e. The molecule has 4 rings (SSSR count). The van der Waals surface area contributed by atoms with E-state index in [1.54, 1.807) is 43.0 Å². The summed E-state index contributed by atoms with van der Waals surface area (Å²) in [5.74, 6) is 0.302. The van der Waals surface area contributed by atoms with E-state index in [1.807, 2.05) is 6.92 Å². The lowest BCUT2D eigenvalue weighted by Gasteiger charge is -2.26. The fourth-order valence-corrected chi connectivity index (χ4v) is 4.15. The molecule has 2 aromatic heterocycles. The molecule has 1 fully saturated rings. The van der Waals surface area contributed by atoms with Crippen molar-refractivity contribution in [3.63, 3.8) is 0 Å². The van der Waals surface area contributed by atoms with Crippen molar-refractivity contribution in [2.24, 2.45) is 0 Å². The maximum atomic E-state index is 13.2. The lowest BCUT2D eigenvalue weighted by Crippen LogP contribution is -2.43. The zero-order valence-corrected chi connectivity index (χ0v) is 16.2. The standard InChI is InChI=1S/C19H18N4O4S/c1-3-19(12-4-6-14(27-2)7-5-12)16(25)23(17(26)21-19)11-13-10-15(24)22-8-9-28-18(22)20-13/h4-10H,3,11H2,1-2H3,(H,21,26)/t19-/m1/s1. The Morgan fingerprint density at radius 2 is 1.96 bits per heavy atom. The molecule has 0 radical (unpaired) electrons. The van der Waals surface area contributed by atoms with E-state index in [0.717, 1.165) is 4.90 Å². The third kappa shape index (κ3) is 2.75. The monoisotopic (exact) mass is 398 g/mol. The maximum Gasteiger partial charge on any atom is 0.325 e. The first-order chi connectivity index (χ1) is 13.5. The summed E-state index contributed by atoms with van der Waals surface area (Å²) in [6, 6.07) is 7.89. The van der Waals surface area contributed by atoms with Crippen molar-refractivity contribution in [2.75, 3.05) is 7.11 Å². The van der Waals surface area contributed by atoms with Crippen LogP contribution in [0.1, 0.15) is 24.6 Å². The average molecular weight is 398 g/mol. The Hall–Kier alpha value is -3.20. The minimum absolute atomic E-state index is 0.0633. The number of benzene rings is 1. The Kier molecular flexibility index (Phi) is 4.38. The zero-order chi connectivity index (χ0) is 19.9. The van der Waals surface area contributed by atoms with Gasteiger partial charge in [-0.25, -0.2) is 9.78 Å². The summed E-state index contributed by atoms with van der Waals surface area (Å²) in [5, 5.41) is 4.58. The van der Waals surface area contributed by atoms with Gasteiger partial charge in [0, 0.05) is 17.6 Å². The molecular weight excluding hydrogens is 380 g/mol. The fraction of sp³-hybridized carbons (Fsp3) is 0.263. The van der Waals surface area contributed by atoms with Gasteiger partial charge in [0.1, 0.15) is 11.3 Å². The number of aromatic nitrogens is 2. The van der Waals surface area contributed by atoms with E-state index in [9.17, 15) is 14.4 Å². The van der Waals surface area contributed by atoms with Crippen molar-refractivity contribution in [2.45, 2.75) is 25.4 Å². The number of rotatable bonds is 5. The Morgan fingerprint density at radius 1 is 1.21 bits per heavy atom. The number of nitrogens with zero attached hydrogens (tertiary/aromatic N) is 3. The van der Waals surface area contributed by atoms with Gasteiger partial charge in [-0.05, 0) is 24.1 Å². The Labute approximate surface area is 164 Å². The van der Waals surface area contributed by atoms with Crippen LogP contribution in [-0.2, 0) is 16.9 Å². The molecule has 1 aliphatic rings. The molecule has 28 heavy (non-hydrogen) atoms. The highest BCUT2D eigenvalue weighted by Crippen LogP contribution is 2.34. The van der Waals surface area contributed by atoms with Crippen LogP contribution in [-0.4, -0.2) is 33.3 Å². The van der Waals surface area contributed by atoms with Crippen molar-refractivity contribution in [1.82, 2.24) is 19.6 Å². The lowest BCUT2D eigenvalue weighted by atomic mass is 9.87. The molecule has 9 heteroatoms. The number of urea groups is 1. The number of fused-ring (bicyclic) bond motifs is 1. The number of imide groups is 1. The molecule has 1 aliphatic heterocycles. The topological polar surface area (TPSA) is 93.0 Å². The molecule has 0 saturated carbocycles. The molecule has 3 heterocycles. The Balaban J connectivity index is 1.67. The summed E-state index contributed by atoms with van der Waals surface area (Å²) in [6.07, 6.45) is 2.03. The summed E-state index contributed by atoms with van der Waals surface area (Å²) in [4.78, 5) is 44.0. The number of carbonyl (C=O) groups excluding carboxylic acids is 2. The van der Waals surface area contributed by atoms with E-state index >= 15 is 0 Å². The van der Waals surface area contributed by atoms with E-state index in [-0.39, 0.29) is 18.0 Å². The SMILES string of the molecule is CC[C@]1(c2ccc(OC)cc2)NC(=O)N(Cc2cc(=O)n3ccsc3n2)C1=O. The second-order valence-electron chi connectivity index (χ2n) is 6.45. The van der Waals surface area contributed by atoms with Crippen molar-refractivity contribution in [3.8, 4) is 5.75 Å². The predicted molar refractivity (Wildman–Crippen MR) is 103 cm³/mol. The van der Waals surface area contributed by atoms with Gasteiger partial charge in [0.15, 0.2) is 4.96 Å². The van der Waals surface area contributed by atoms with Crippen LogP contribution in [0, 0.1) is 0 Å². The number of amides is 3. The first kappa shape index (κ1) is 18.2. The zero-order valence-electron chi connectivity index (χ0n) is 15.3.